The van der Waals surface area contributed by atoms with E-state index < -0.39 is 10.1 Å². The molecule has 0 fully saturated rings. The van der Waals surface area contributed by atoms with Gasteiger partial charge in [0.1, 0.15) is 0 Å². The van der Waals surface area contributed by atoms with E-state index >= 15 is 0 Å². The minimum absolute atomic E-state index is 0. The van der Waals surface area contributed by atoms with Crippen LogP contribution < -0.4 is 29.6 Å². The summed E-state index contributed by atoms with van der Waals surface area (Å²) in [6, 6.07) is 13.0. The molecule has 0 radical (unpaired) electrons. The first-order valence-electron chi connectivity index (χ1n) is 6.24. The van der Waals surface area contributed by atoms with Crippen LogP contribution in [-0.2, 0) is 10.1 Å². The fraction of sp³-hybridized carbons (Fsp3) is 0.333. The van der Waals surface area contributed by atoms with Crippen molar-refractivity contribution in [3.05, 3.63) is 47.5 Å². The molecule has 1 N–H and O–H groups in total. The zero-order valence-corrected chi connectivity index (χ0v) is 15.4. The van der Waals surface area contributed by atoms with Gasteiger partial charge in [-0.25, -0.2) is 0 Å². The molecular formula is C15H21NaO3S. The number of fused-ring (bicyclic) bond motifs is 1. The van der Waals surface area contributed by atoms with Crippen LogP contribution in [0.15, 0.2) is 36.4 Å². The molecule has 20 heavy (non-hydrogen) atoms. The first kappa shape index (κ1) is 19.6. The maximum absolute atomic E-state index is 9.79. The van der Waals surface area contributed by atoms with E-state index in [1.165, 1.54) is 21.9 Å². The molecule has 2 rings (SSSR count). The van der Waals surface area contributed by atoms with E-state index in [0.717, 1.165) is 0 Å². The molecule has 0 aliphatic rings. The van der Waals surface area contributed by atoms with Crippen LogP contribution in [0.25, 0.3) is 10.8 Å². The van der Waals surface area contributed by atoms with Crippen molar-refractivity contribution in [2.45, 2.75) is 27.2 Å². The summed E-state index contributed by atoms with van der Waals surface area (Å²) in [6.07, 6.45) is 0.471. The third-order valence-electron chi connectivity index (χ3n) is 2.68. The van der Waals surface area contributed by atoms with Crippen molar-refractivity contribution >= 4 is 20.9 Å². The van der Waals surface area contributed by atoms with Gasteiger partial charge in [-0.15, -0.1) is 0 Å². The van der Waals surface area contributed by atoms with Crippen LogP contribution in [0.1, 0.15) is 25.9 Å². The van der Waals surface area contributed by atoms with Crippen molar-refractivity contribution < 1.29 is 44.0 Å². The molecule has 5 heteroatoms. The SMILES string of the molecule is CCCS(=O)(=O)O.Cc1cc(C)c2ccccc2c1.[H-].[Na+]. The van der Waals surface area contributed by atoms with Gasteiger partial charge < -0.3 is 1.43 Å². The molecule has 0 aromatic heterocycles. The second-order valence-electron chi connectivity index (χ2n) is 4.59. The summed E-state index contributed by atoms with van der Waals surface area (Å²) >= 11 is 0. The molecular weight excluding hydrogens is 283 g/mol. The molecule has 2 aromatic rings. The molecule has 106 valence electrons. The average Bonchev–Trinajstić information content (AvgIpc) is 2.28. The standard InChI is InChI=1S/C12H12.C3H8O3S.Na.H/c1-9-7-10(2)12-6-4-3-5-11(12)8-9;1-2-3-7(4,5)6;;/h3-8H,1-2H3;2-3H2,1H3,(H,4,5,6);;/q;;+1;-1. The zero-order valence-electron chi connectivity index (χ0n) is 13.6. The van der Waals surface area contributed by atoms with Crippen molar-refractivity contribution in [2.24, 2.45) is 0 Å². The smallest absolute Gasteiger partial charge is 1.00 e. The van der Waals surface area contributed by atoms with Gasteiger partial charge in [-0.05, 0) is 36.6 Å². The van der Waals surface area contributed by atoms with Crippen molar-refractivity contribution in [3.8, 4) is 0 Å². The maximum atomic E-state index is 9.79. The van der Waals surface area contributed by atoms with E-state index in [4.69, 9.17) is 4.55 Å². The van der Waals surface area contributed by atoms with Gasteiger partial charge in [0.25, 0.3) is 10.1 Å². The Morgan fingerprint density at radius 3 is 2.25 bits per heavy atom. The largest absolute Gasteiger partial charge is 1.00 e. The first-order chi connectivity index (χ1) is 8.83. The van der Waals surface area contributed by atoms with Gasteiger partial charge in [-0.2, -0.15) is 8.42 Å². The van der Waals surface area contributed by atoms with Gasteiger partial charge in [0.05, 0.1) is 5.75 Å². The van der Waals surface area contributed by atoms with Crippen molar-refractivity contribution in [2.75, 3.05) is 5.75 Å². The third-order valence-corrected chi connectivity index (χ3v) is 3.60. The van der Waals surface area contributed by atoms with Gasteiger partial charge in [0.15, 0.2) is 0 Å². The topological polar surface area (TPSA) is 54.4 Å². The van der Waals surface area contributed by atoms with Gasteiger partial charge in [-0.1, -0.05) is 48.9 Å². The summed E-state index contributed by atoms with van der Waals surface area (Å²) in [5, 5.41) is 2.71. The van der Waals surface area contributed by atoms with Gasteiger partial charge in [-0.3, -0.25) is 4.55 Å². The Hall–Kier alpha value is -0.390. The molecule has 0 saturated carbocycles. The van der Waals surface area contributed by atoms with Crippen LogP contribution in [-0.4, -0.2) is 18.7 Å². The number of hydrogen-bond acceptors (Lipinski definition) is 2. The molecule has 0 heterocycles. The minimum Gasteiger partial charge on any atom is -1.00 e. The Morgan fingerprint density at radius 1 is 1.15 bits per heavy atom. The Bertz CT molecular complexity index is 657. The molecule has 3 nitrogen and oxygen atoms in total. The summed E-state index contributed by atoms with van der Waals surface area (Å²) in [7, 11) is -3.67. The molecule has 0 unspecified atom stereocenters. The van der Waals surface area contributed by atoms with Crippen molar-refractivity contribution in [1.82, 2.24) is 0 Å². The first-order valence-corrected chi connectivity index (χ1v) is 7.85. The molecule has 0 atom stereocenters. The minimum atomic E-state index is -3.67. The van der Waals surface area contributed by atoms with E-state index in [1.807, 2.05) is 0 Å². The maximum Gasteiger partial charge on any atom is 1.00 e. The van der Waals surface area contributed by atoms with Gasteiger partial charge >= 0.3 is 29.6 Å². The Balaban J connectivity index is 0. The summed E-state index contributed by atoms with van der Waals surface area (Å²) in [5.41, 5.74) is 2.71. The third kappa shape index (κ3) is 6.86. The fourth-order valence-corrected chi connectivity index (χ4v) is 2.46. The molecule has 2 aromatic carbocycles. The Kier molecular flexibility index (Phi) is 8.63. The van der Waals surface area contributed by atoms with E-state index in [9.17, 15) is 8.42 Å². The molecule has 0 aliphatic carbocycles. The molecule has 0 saturated heterocycles. The number of aryl methyl sites for hydroxylation is 2. The van der Waals surface area contributed by atoms with E-state index in [1.54, 1.807) is 6.92 Å². The molecule has 0 aliphatic heterocycles. The van der Waals surface area contributed by atoms with Crippen LogP contribution in [0.5, 0.6) is 0 Å². The fourth-order valence-electron chi connectivity index (χ4n) is 1.95. The van der Waals surface area contributed by atoms with Crippen LogP contribution >= 0.6 is 0 Å². The Morgan fingerprint density at radius 2 is 1.75 bits per heavy atom. The molecule has 0 spiro atoms. The monoisotopic (exact) mass is 304 g/mol. The number of hydrogen-bond donors (Lipinski definition) is 1. The second kappa shape index (κ2) is 8.80. The van der Waals surface area contributed by atoms with E-state index in [0.29, 0.717) is 6.42 Å². The van der Waals surface area contributed by atoms with Crippen LogP contribution in [0, 0.1) is 13.8 Å². The van der Waals surface area contributed by atoms with Crippen molar-refractivity contribution in [1.29, 1.82) is 0 Å². The summed E-state index contributed by atoms with van der Waals surface area (Å²) in [5.74, 6) is -0.132. The van der Waals surface area contributed by atoms with Crippen LogP contribution in [0.3, 0.4) is 0 Å². The molecule has 0 bridgehead atoms. The summed E-state index contributed by atoms with van der Waals surface area (Å²) in [6.45, 7) is 5.99. The normalized spacial score (nSPS) is 10.4. The number of rotatable bonds is 2. The second-order valence-corrected chi connectivity index (χ2v) is 6.16. The van der Waals surface area contributed by atoms with E-state index in [-0.39, 0.29) is 36.7 Å². The van der Waals surface area contributed by atoms with E-state index in [2.05, 4.69) is 50.2 Å². The molecule has 0 amide bonds. The summed E-state index contributed by atoms with van der Waals surface area (Å²) in [4.78, 5) is 0. The van der Waals surface area contributed by atoms with Crippen LogP contribution in [0.2, 0.25) is 0 Å². The predicted molar refractivity (Wildman–Crippen MR) is 81.2 cm³/mol. The Labute approximate surface area is 144 Å². The predicted octanol–water partition coefficient (Wildman–Crippen LogP) is 0.857. The quantitative estimate of drug-likeness (QED) is 0.661. The summed E-state index contributed by atoms with van der Waals surface area (Å²) < 4.78 is 27.6. The van der Waals surface area contributed by atoms with Crippen molar-refractivity contribution in [3.63, 3.8) is 0 Å². The van der Waals surface area contributed by atoms with Gasteiger partial charge in [0.2, 0.25) is 0 Å². The average molecular weight is 304 g/mol. The van der Waals surface area contributed by atoms with Gasteiger partial charge in [0, 0.05) is 0 Å². The zero-order chi connectivity index (χ0) is 14.5. The number of benzene rings is 2. The van der Waals surface area contributed by atoms with Crippen LogP contribution in [0.4, 0.5) is 0 Å².